The van der Waals surface area contributed by atoms with Crippen LogP contribution in [0.25, 0.3) is 33.4 Å². The van der Waals surface area contributed by atoms with Crippen molar-refractivity contribution in [1.82, 2.24) is 19.9 Å². The Hall–Kier alpha value is -4.56. The number of carbonyl (C=O) groups excluding carboxylic acids is 1. The maximum atomic E-state index is 12.6. The number of carbonyl (C=O) groups is 1. The summed E-state index contributed by atoms with van der Waals surface area (Å²) in [7, 11) is 0. The lowest BCUT2D eigenvalue weighted by atomic mass is 10.0. The van der Waals surface area contributed by atoms with Crippen molar-refractivity contribution in [2.75, 3.05) is 16.4 Å². The zero-order valence-corrected chi connectivity index (χ0v) is 19.4. The Morgan fingerprint density at radius 3 is 2.46 bits per heavy atom. The molecular weight excluding hydrogens is 462 g/mol. The maximum absolute atomic E-state index is 12.6. The third kappa shape index (κ3) is 4.73. The number of hydrogen-bond donors (Lipinski definition) is 3. The molecule has 0 aliphatic carbocycles. The summed E-state index contributed by atoms with van der Waals surface area (Å²) in [6.45, 7) is 1.87. The lowest BCUT2D eigenvalue weighted by Crippen LogP contribution is -2.21. The average molecular weight is 482 g/mol. The SMILES string of the molecule is Cc1ccc(NC(=O)Nc2nc(-c3cc(Cl)c4ncccc4c3)c(-c3ccccc3)nc2N)cn1. The Labute approximate surface area is 206 Å². The van der Waals surface area contributed by atoms with Gasteiger partial charge in [-0.05, 0) is 37.3 Å². The number of amides is 2. The molecule has 3 aromatic heterocycles. The van der Waals surface area contributed by atoms with E-state index in [9.17, 15) is 4.79 Å². The number of nitrogens with zero attached hydrogens (tertiary/aromatic N) is 4. The van der Waals surface area contributed by atoms with Crippen LogP contribution in [0.15, 0.2) is 79.1 Å². The number of nitrogens with two attached hydrogens (primary N) is 1. The number of pyridine rings is 2. The first kappa shape index (κ1) is 22.2. The molecule has 0 radical (unpaired) electrons. The van der Waals surface area contributed by atoms with Gasteiger partial charge >= 0.3 is 6.03 Å². The van der Waals surface area contributed by atoms with E-state index in [1.54, 1.807) is 30.6 Å². The highest BCUT2D eigenvalue weighted by Crippen LogP contribution is 2.35. The second-order valence-electron chi connectivity index (χ2n) is 7.82. The van der Waals surface area contributed by atoms with Crippen molar-refractivity contribution in [1.29, 1.82) is 0 Å². The van der Waals surface area contributed by atoms with Crippen molar-refractivity contribution in [2.45, 2.75) is 6.92 Å². The van der Waals surface area contributed by atoms with Crippen LogP contribution in [0, 0.1) is 6.92 Å². The van der Waals surface area contributed by atoms with Crippen LogP contribution >= 0.6 is 11.6 Å². The summed E-state index contributed by atoms with van der Waals surface area (Å²) in [5, 5.41) is 6.75. The number of fused-ring (bicyclic) bond motifs is 1. The summed E-state index contributed by atoms with van der Waals surface area (Å²) >= 11 is 6.55. The molecule has 8 nitrogen and oxygen atoms in total. The number of benzene rings is 2. The summed E-state index contributed by atoms with van der Waals surface area (Å²) in [5.41, 5.74) is 10.9. The fraction of sp³-hybridized carbons (Fsp3) is 0.0385. The molecule has 2 aromatic carbocycles. The molecular formula is C26H20ClN7O. The highest BCUT2D eigenvalue weighted by atomic mass is 35.5. The molecule has 0 spiro atoms. The summed E-state index contributed by atoms with van der Waals surface area (Å²) < 4.78 is 0. The predicted octanol–water partition coefficient (Wildman–Crippen LogP) is 5.94. The molecule has 0 saturated carbocycles. The topological polar surface area (TPSA) is 119 Å². The van der Waals surface area contributed by atoms with E-state index in [1.165, 1.54) is 0 Å². The van der Waals surface area contributed by atoms with E-state index in [4.69, 9.17) is 22.3 Å². The van der Waals surface area contributed by atoms with Crippen molar-refractivity contribution >= 4 is 45.9 Å². The molecule has 0 saturated heterocycles. The molecule has 5 aromatic rings. The smallest absolute Gasteiger partial charge is 0.324 e. The first-order chi connectivity index (χ1) is 17.0. The molecule has 0 fully saturated rings. The molecule has 0 atom stereocenters. The Morgan fingerprint density at radius 1 is 0.886 bits per heavy atom. The maximum Gasteiger partial charge on any atom is 0.324 e. The van der Waals surface area contributed by atoms with E-state index >= 15 is 0 Å². The van der Waals surface area contributed by atoms with Crippen molar-refractivity contribution in [2.24, 2.45) is 0 Å². The summed E-state index contributed by atoms with van der Waals surface area (Å²) in [6, 6.07) is 20.1. The van der Waals surface area contributed by atoms with Gasteiger partial charge in [0.15, 0.2) is 11.6 Å². The first-order valence-electron chi connectivity index (χ1n) is 10.8. The van der Waals surface area contributed by atoms with E-state index in [0.717, 1.165) is 16.6 Å². The van der Waals surface area contributed by atoms with Crippen LogP contribution in [-0.4, -0.2) is 26.0 Å². The largest absolute Gasteiger partial charge is 0.381 e. The highest BCUT2D eigenvalue weighted by molar-refractivity contribution is 6.35. The number of aromatic nitrogens is 4. The quantitative estimate of drug-likeness (QED) is 0.292. The normalized spacial score (nSPS) is 10.8. The second-order valence-corrected chi connectivity index (χ2v) is 8.23. The molecule has 0 aliphatic rings. The zero-order chi connectivity index (χ0) is 24.4. The summed E-state index contributed by atoms with van der Waals surface area (Å²) in [6.07, 6.45) is 3.26. The molecule has 0 unspecified atom stereocenters. The van der Waals surface area contributed by atoms with Gasteiger partial charge in [-0.1, -0.05) is 48.0 Å². The number of rotatable bonds is 4. The number of aryl methyl sites for hydroxylation is 1. The monoisotopic (exact) mass is 481 g/mol. The standard InChI is InChI=1S/C26H20ClN7O/c1-15-9-10-19(14-30-15)31-26(35)34-25-24(28)32-22(16-6-3-2-4-7-16)23(33-25)18-12-17-8-5-11-29-21(17)20(27)13-18/h2-14H,1H3,(H2,28,32)(H2,31,33,34,35). The van der Waals surface area contributed by atoms with E-state index in [0.29, 0.717) is 33.2 Å². The van der Waals surface area contributed by atoms with Crippen LogP contribution in [0.4, 0.5) is 22.1 Å². The minimum Gasteiger partial charge on any atom is -0.381 e. The molecule has 35 heavy (non-hydrogen) atoms. The molecule has 4 N–H and O–H groups in total. The van der Waals surface area contributed by atoms with Crippen molar-refractivity contribution in [3.63, 3.8) is 0 Å². The van der Waals surface area contributed by atoms with Crippen LogP contribution in [0.2, 0.25) is 5.02 Å². The molecule has 5 rings (SSSR count). The molecule has 0 bridgehead atoms. The van der Waals surface area contributed by atoms with Gasteiger partial charge in [-0.2, -0.15) is 0 Å². The zero-order valence-electron chi connectivity index (χ0n) is 18.7. The Bertz CT molecular complexity index is 1540. The van der Waals surface area contributed by atoms with Crippen molar-refractivity contribution in [3.8, 4) is 22.5 Å². The number of halogens is 1. The molecule has 0 aliphatic heterocycles. The summed E-state index contributed by atoms with van der Waals surface area (Å²) in [4.78, 5) is 30.5. The van der Waals surface area contributed by atoms with Gasteiger partial charge in [0.2, 0.25) is 0 Å². The third-order valence-corrected chi connectivity index (χ3v) is 5.59. The van der Waals surface area contributed by atoms with Crippen LogP contribution in [-0.2, 0) is 0 Å². The van der Waals surface area contributed by atoms with Crippen LogP contribution in [0.3, 0.4) is 0 Å². The van der Waals surface area contributed by atoms with Gasteiger partial charge in [-0.25, -0.2) is 14.8 Å². The molecule has 3 heterocycles. The molecule has 2 amide bonds. The highest BCUT2D eigenvalue weighted by Gasteiger charge is 2.18. The molecule has 9 heteroatoms. The second kappa shape index (κ2) is 9.36. The number of nitrogens with one attached hydrogen (secondary N) is 2. The third-order valence-electron chi connectivity index (χ3n) is 5.30. The van der Waals surface area contributed by atoms with E-state index in [-0.39, 0.29) is 11.6 Å². The fourth-order valence-corrected chi connectivity index (χ4v) is 3.91. The fourth-order valence-electron chi connectivity index (χ4n) is 3.64. The van der Waals surface area contributed by atoms with E-state index in [1.807, 2.05) is 55.5 Å². The van der Waals surface area contributed by atoms with Gasteiger partial charge in [0.1, 0.15) is 0 Å². The minimum absolute atomic E-state index is 0.0818. The Morgan fingerprint density at radius 2 is 1.69 bits per heavy atom. The Kier molecular flexibility index (Phi) is 5.95. The summed E-state index contributed by atoms with van der Waals surface area (Å²) in [5.74, 6) is 0.206. The van der Waals surface area contributed by atoms with Crippen molar-refractivity contribution in [3.05, 3.63) is 89.8 Å². The van der Waals surface area contributed by atoms with Gasteiger partial charge in [0.05, 0.1) is 33.8 Å². The van der Waals surface area contributed by atoms with Crippen LogP contribution in [0.5, 0.6) is 0 Å². The van der Waals surface area contributed by atoms with Gasteiger partial charge in [-0.3, -0.25) is 15.3 Å². The van der Waals surface area contributed by atoms with Crippen LogP contribution < -0.4 is 16.4 Å². The average Bonchev–Trinajstić information content (AvgIpc) is 2.87. The predicted molar refractivity (Wildman–Crippen MR) is 139 cm³/mol. The number of urea groups is 1. The van der Waals surface area contributed by atoms with E-state index < -0.39 is 6.03 Å². The van der Waals surface area contributed by atoms with Gasteiger partial charge in [0, 0.05) is 28.4 Å². The Balaban J connectivity index is 1.58. The first-order valence-corrected chi connectivity index (χ1v) is 11.1. The number of nitrogen functional groups attached to an aromatic ring is 1. The van der Waals surface area contributed by atoms with Crippen LogP contribution in [0.1, 0.15) is 5.69 Å². The van der Waals surface area contributed by atoms with E-state index in [2.05, 4.69) is 25.6 Å². The van der Waals surface area contributed by atoms with Gasteiger partial charge < -0.3 is 11.1 Å². The van der Waals surface area contributed by atoms with Crippen molar-refractivity contribution < 1.29 is 4.79 Å². The number of hydrogen-bond acceptors (Lipinski definition) is 6. The molecule has 172 valence electrons. The lowest BCUT2D eigenvalue weighted by Gasteiger charge is -2.15. The lowest BCUT2D eigenvalue weighted by molar-refractivity contribution is 0.262. The minimum atomic E-state index is -0.518. The number of anilines is 3. The van der Waals surface area contributed by atoms with Gasteiger partial charge in [-0.15, -0.1) is 0 Å². The van der Waals surface area contributed by atoms with Gasteiger partial charge in [0.25, 0.3) is 0 Å².